The normalized spacial score (nSPS) is 22.2. The van der Waals surface area contributed by atoms with E-state index >= 15 is 0 Å². The first-order valence-electron chi connectivity index (χ1n) is 5.00. The van der Waals surface area contributed by atoms with E-state index in [-0.39, 0.29) is 18.6 Å². The molecule has 1 rings (SSSR count). The highest BCUT2D eigenvalue weighted by Gasteiger charge is 2.24. The van der Waals surface area contributed by atoms with Crippen LogP contribution in [0.25, 0.3) is 0 Å². The van der Waals surface area contributed by atoms with Crippen LogP contribution in [-0.2, 0) is 4.79 Å². The minimum atomic E-state index is 0.00486. The molecule has 0 saturated carbocycles. The predicted octanol–water partition coefficient (Wildman–Crippen LogP) is -0.255. The number of likely N-dealkylation sites (tertiary alicyclic amines) is 1. The second-order valence-corrected chi connectivity index (χ2v) is 3.54. The summed E-state index contributed by atoms with van der Waals surface area (Å²) in [6.45, 7) is 5.48. The summed E-state index contributed by atoms with van der Waals surface area (Å²) in [4.78, 5) is 13.4. The highest BCUT2D eigenvalue weighted by molar-refractivity contribution is 5.78. The Morgan fingerprint density at radius 2 is 2.50 bits per heavy atom. The van der Waals surface area contributed by atoms with E-state index in [1.165, 1.54) is 0 Å². The minimum Gasteiger partial charge on any atom is -0.395 e. The van der Waals surface area contributed by atoms with Gasteiger partial charge in [-0.25, -0.2) is 0 Å². The summed E-state index contributed by atoms with van der Waals surface area (Å²) >= 11 is 0. The van der Waals surface area contributed by atoms with Crippen molar-refractivity contribution < 1.29 is 9.90 Å². The van der Waals surface area contributed by atoms with Crippen LogP contribution < -0.4 is 5.32 Å². The highest BCUT2D eigenvalue weighted by Crippen LogP contribution is 2.15. The quantitative estimate of drug-likeness (QED) is 0.599. The maximum absolute atomic E-state index is 11.3. The van der Waals surface area contributed by atoms with E-state index in [0.717, 1.165) is 19.4 Å². The SMILES string of the molecule is C=CCNC(=O)CN1CCC[C@@H]1CO. The average molecular weight is 198 g/mol. The van der Waals surface area contributed by atoms with E-state index in [2.05, 4.69) is 11.9 Å². The molecule has 1 aliphatic heterocycles. The zero-order chi connectivity index (χ0) is 10.4. The lowest BCUT2D eigenvalue weighted by Crippen LogP contribution is -2.41. The van der Waals surface area contributed by atoms with Crippen molar-refractivity contribution in [3.63, 3.8) is 0 Å². The number of hydrogen-bond donors (Lipinski definition) is 2. The van der Waals surface area contributed by atoms with Crippen LogP contribution in [0.4, 0.5) is 0 Å². The molecule has 2 N–H and O–H groups in total. The van der Waals surface area contributed by atoms with Gasteiger partial charge in [0.25, 0.3) is 0 Å². The molecule has 0 aromatic heterocycles. The minimum absolute atomic E-state index is 0.00486. The lowest BCUT2D eigenvalue weighted by atomic mass is 10.2. The number of nitrogens with one attached hydrogen (secondary N) is 1. The number of nitrogens with zero attached hydrogens (tertiary/aromatic N) is 1. The van der Waals surface area contributed by atoms with Crippen LogP contribution in [0.2, 0.25) is 0 Å². The number of rotatable bonds is 5. The zero-order valence-electron chi connectivity index (χ0n) is 8.41. The van der Waals surface area contributed by atoms with Gasteiger partial charge in [0.05, 0.1) is 13.2 Å². The van der Waals surface area contributed by atoms with Crippen molar-refractivity contribution in [3.8, 4) is 0 Å². The van der Waals surface area contributed by atoms with Gasteiger partial charge in [0.1, 0.15) is 0 Å². The topological polar surface area (TPSA) is 52.6 Å². The fourth-order valence-electron chi connectivity index (χ4n) is 1.74. The number of aliphatic hydroxyl groups excluding tert-OH is 1. The first-order chi connectivity index (χ1) is 6.77. The van der Waals surface area contributed by atoms with Crippen molar-refractivity contribution in [1.29, 1.82) is 0 Å². The molecule has 1 aliphatic rings. The predicted molar refractivity (Wildman–Crippen MR) is 54.9 cm³/mol. The van der Waals surface area contributed by atoms with Crippen LogP contribution >= 0.6 is 0 Å². The van der Waals surface area contributed by atoms with Gasteiger partial charge in [0.15, 0.2) is 0 Å². The summed E-state index contributed by atoms with van der Waals surface area (Å²) in [7, 11) is 0. The first-order valence-corrected chi connectivity index (χ1v) is 5.00. The Morgan fingerprint density at radius 3 is 3.14 bits per heavy atom. The molecule has 80 valence electrons. The van der Waals surface area contributed by atoms with Gasteiger partial charge >= 0.3 is 0 Å². The molecular formula is C10H18N2O2. The molecule has 1 heterocycles. The van der Waals surface area contributed by atoms with Crippen molar-refractivity contribution in [2.24, 2.45) is 0 Å². The first kappa shape index (κ1) is 11.2. The lowest BCUT2D eigenvalue weighted by molar-refractivity contribution is -0.122. The number of amides is 1. The fraction of sp³-hybridized carbons (Fsp3) is 0.700. The molecule has 0 unspecified atom stereocenters. The third kappa shape index (κ3) is 3.12. The van der Waals surface area contributed by atoms with Crippen LogP contribution in [0.15, 0.2) is 12.7 Å². The third-order valence-corrected chi connectivity index (χ3v) is 2.50. The van der Waals surface area contributed by atoms with E-state index in [9.17, 15) is 4.79 Å². The fourth-order valence-corrected chi connectivity index (χ4v) is 1.74. The van der Waals surface area contributed by atoms with E-state index in [1.807, 2.05) is 4.90 Å². The van der Waals surface area contributed by atoms with E-state index in [0.29, 0.717) is 13.1 Å². The Kier molecular flexibility index (Phi) is 4.62. The van der Waals surface area contributed by atoms with Crippen molar-refractivity contribution >= 4 is 5.91 Å². The molecular weight excluding hydrogens is 180 g/mol. The molecule has 4 nitrogen and oxygen atoms in total. The van der Waals surface area contributed by atoms with Gasteiger partial charge in [0.2, 0.25) is 5.91 Å². The van der Waals surface area contributed by atoms with Gasteiger partial charge in [-0.15, -0.1) is 6.58 Å². The molecule has 0 bridgehead atoms. The van der Waals surface area contributed by atoms with Gasteiger partial charge < -0.3 is 10.4 Å². The number of carbonyl (C=O) groups excluding carboxylic acids is 1. The van der Waals surface area contributed by atoms with Crippen molar-refractivity contribution in [2.45, 2.75) is 18.9 Å². The van der Waals surface area contributed by atoms with Crippen LogP contribution in [-0.4, -0.2) is 48.2 Å². The van der Waals surface area contributed by atoms with Gasteiger partial charge in [-0.2, -0.15) is 0 Å². The van der Waals surface area contributed by atoms with Gasteiger partial charge in [-0.05, 0) is 19.4 Å². The second kappa shape index (κ2) is 5.78. The number of aliphatic hydroxyl groups is 1. The van der Waals surface area contributed by atoms with Crippen LogP contribution in [0.1, 0.15) is 12.8 Å². The largest absolute Gasteiger partial charge is 0.395 e. The summed E-state index contributed by atoms with van der Waals surface area (Å²) in [6, 6.07) is 0.171. The molecule has 0 radical (unpaired) electrons. The Bertz CT molecular complexity index is 206. The molecule has 1 atom stereocenters. The standard InChI is InChI=1S/C10H18N2O2/c1-2-5-11-10(14)7-12-6-3-4-9(12)8-13/h2,9,13H,1,3-8H2,(H,11,14)/t9-/m1/s1. The summed E-state index contributed by atoms with van der Waals surface area (Å²) in [5, 5.41) is 11.8. The second-order valence-electron chi connectivity index (χ2n) is 3.54. The summed E-state index contributed by atoms with van der Waals surface area (Å²) < 4.78 is 0. The third-order valence-electron chi connectivity index (χ3n) is 2.50. The van der Waals surface area contributed by atoms with Gasteiger partial charge in [0, 0.05) is 12.6 Å². The highest BCUT2D eigenvalue weighted by atomic mass is 16.3. The molecule has 1 fully saturated rings. The molecule has 0 spiro atoms. The molecule has 4 heteroatoms. The van der Waals surface area contributed by atoms with Crippen LogP contribution in [0, 0.1) is 0 Å². The average Bonchev–Trinajstić information content (AvgIpc) is 2.62. The molecule has 1 saturated heterocycles. The monoisotopic (exact) mass is 198 g/mol. The van der Waals surface area contributed by atoms with E-state index in [1.54, 1.807) is 6.08 Å². The van der Waals surface area contributed by atoms with Crippen molar-refractivity contribution in [1.82, 2.24) is 10.2 Å². The van der Waals surface area contributed by atoms with Crippen molar-refractivity contribution in [3.05, 3.63) is 12.7 Å². The summed E-state index contributed by atoms with van der Waals surface area (Å²) in [5.74, 6) is 0.00486. The Morgan fingerprint density at radius 1 is 1.71 bits per heavy atom. The Hall–Kier alpha value is -0.870. The van der Waals surface area contributed by atoms with E-state index in [4.69, 9.17) is 5.11 Å². The Labute approximate surface area is 84.6 Å². The summed E-state index contributed by atoms with van der Waals surface area (Å²) in [6.07, 6.45) is 3.72. The molecule has 0 aromatic carbocycles. The van der Waals surface area contributed by atoms with Gasteiger partial charge in [-0.1, -0.05) is 6.08 Å². The Balaban J connectivity index is 2.28. The maximum atomic E-state index is 11.3. The summed E-state index contributed by atoms with van der Waals surface area (Å²) in [5.41, 5.74) is 0. The number of carbonyl (C=O) groups is 1. The molecule has 0 aliphatic carbocycles. The van der Waals surface area contributed by atoms with Crippen LogP contribution in [0.3, 0.4) is 0 Å². The lowest BCUT2D eigenvalue weighted by Gasteiger charge is -2.21. The molecule has 0 aromatic rings. The van der Waals surface area contributed by atoms with Crippen LogP contribution in [0.5, 0.6) is 0 Å². The van der Waals surface area contributed by atoms with Crippen molar-refractivity contribution in [2.75, 3.05) is 26.2 Å². The molecule has 1 amide bonds. The smallest absolute Gasteiger partial charge is 0.234 e. The zero-order valence-corrected chi connectivity index (χ0v) is 8.41. The number of hydrogen-bond acceptors (Lipinski definition) is 3. The van der Waals surface area contributed by atoms with E-state index < -0.39 is 0 Å². The van der Waals surface area contributed by atoms with Gasteiger partial charge in [-0.3, -0.25) is 9.69 Å². The molecule has 14 heavy (non-hydrogen) atoms. The maximum Gasteiger partial charge on any atom is 0.234 e.